The minimum Gasteiger partial charge on any atom is -0.352 e. The van der Waals surface area contributed by atoms with Crippen molar-refractivity contribution in [2.24, 2.45) is 11.3 Å². The summed E-state index contributed by atoms with van der Waals surface area (Å²) in [6.45, 7) is 5.26. The van der Waals surface area contributed by atoms with Gasteiger partial charge in [-0.2, -0.15) is 0 Å². The lowest BCUT2D eigenvalue weighted by Gasteiger charge is -2.06. The highest BCUT2D eigenvalue weighted by Gasteiger charge is 2.45. The topological polar surface area (TPSA) is 29.1 Å². The molecule has 0 heterocycles. The molecule has 1 aliphatic rings. The Morgan fingerprint density at radius 2 is 2.00 bits per heavy atom. The van der Waals surface area contributed by atoms with Crippen molar-refractivity contribution in [3.63, 3.8) is 0 Å². The lowest BCUT2D eigenvalue weighted by molar-refractivity contribution is 0.0950. The number of hydrogen-bond donors (Lipinski definition) is 2. The maximum absolute atomic E-state index is 11.8. The molecule has 1 atom stereocenters. The van der Waals surface area contributed by atoms with Crippen LogP contribution < -0.4 is 5.32 Å². The molecule has 2 nitrogen and oxygen atoms in total. The van der Waals surface area contributed by atoms with Gasteiger partial charge in [-0.25, -0.2) is 0 Å². The number of nitrogens with one attached hydrogen (secondary N) is 1. The van der Waals surface area contributed by atoms with Gasteiger partial charge in [0.05, 0.1) is 0 Å². The quantitative estimate of drug-likeness (QED) is 0.775. The van der Waals surface area contributed by atoms with Gasteiger partial charge in [0, 0.05) is 17.0 Å². The number of carbonyl (C=O) groups excluding carboxylic acids is 1. The summed E-state index contributed by atoms with van der Waals surface area (Å²) in [4.78, 5) is 12.6. The predicted molar refractivity (Wildman–Crippen MR) is 67.9 cm³/mol. The van der Waals surface area contributed by atoms with E-state index >= 15 is 0 Å². The van der Waals surface area contributed by atoms with Gasteiger partial charge < -0.3 is 5.32 Å². The van der Waals surface area contributed by atoms with Gasteiger partial charge in [0.15, 0.2) is 0 Å². The SMILES string of the molecule is CC1(C)CC1CNC(=O)c1ccc(S)cc1. The molecule has 0 radical (unpaired) electrons. The zero-order valence-electron chi connectivity index (χ0n) is 9.66. The van der Waals surface area contributed by atoms with Crippen molar-refractivity contribution in [1.82, 2.24) is 5.32 Å². The second-order valence-corrected chi connectivity index (χ2v) is 5.66. The Kier molecular flexibility index (Phi) is 2.98. The van der Waals surface area contributed by atoms with Crippen molar-refractivity contribution < 1.29 is 4.79 Å². The van der Waals surface area contributed by atoms with Crippen LogP contribution >= 0.6 is 12.6 Å². The fourth-order valence-electron chi connectivity index (χ4n) is 1.86. The molecule has 86 valence electrons. The Balaban J connectivity index is 1.87. The van der Waals surface area contributed by atoms with Crippen LogP contribution in [-0.2, 0) is 0 Å². The molecular formula is C13H17NOS. The van der Waals surface area contributed by atoms with E-state index in [4.69, 9.17) is 0 Å². The summed E-state index contributed by atoms with van der Waals surface area (Å²) >= 11 is 4.19. The normalized spacial score (nSPS) is 21.6. The minimum absolute atomic E-state index is 0.0102. The Morgan fingerprint density at radius 1 is 1.44 bits per heavy atom. The molecule has 1 N–H and O–H groups in total. The largest absolute Gasteiger partial charge is 0.352 e. The van der Waals surface area contributed by atoms with Gasteiger partial charge >= 0.3 is 0 Å². The van der Waals surface area contributed by atoms with E-state index in [2.05, 4.69) is 31.8 Å². The average Bonchev–Trinajstić information content (AvgIpc) is 2.84. The van der Waals surface area contributed by atoms with Crippen molar-refractivity contribution in [3.8, 4) is 0 Å². The zero-order valence-corrected chi connectivity index (χ0v) is 10.6. The van der Waals surface area contributed by atoms with Crippen LogP contribution in [0.3, 0.4) is 0 Å². The summed E-state index contributed by atoms with van der Waals surface area (Å²) < 4.78 is 0. The van der Waals surface area contributed by atoms with Crippen LogP contribution in [0.25, 0.3) is 0 Å². The van der Waals surface area contributed by atoms with Crippen molar-refractivity contribution >= 4 is 18.5 Å². The molecule has 1 amide bonds. The fraction of sp³-hybridized carbons (Fsp3) is 0.462. The third-order valence-electron chi connectivity index (χ3n) is 3.36. The van der Waals surface area contributed by atoms with E-state index in [9.17, 15) is 4.79 Å². The molecular weight excluding hydrogens is 218 g/mol. The summed E-state index contributed by atoms with van der Waals surface area (Å²) in [7, 11) is 0. The van der Waals surface area contributed by atoms with Gasteiger partial charge in [-0.1, -0.05) is 13.8 Å². The highest BCUT2D eigenvalue weighted by molar-refractivity contribution is 7.80. The van der Waals surface area contributed by atoms with E-state index in [-0.39, 0.29) is 5.91 Å². The molecule has 1 aromatic rings. The highest BCUT2D eigenvalue weighted by atomic mass is 32.1. The van der Waals surface area contributed by atoms with Crippen molar-refractivity contribution in [1.29, 1.82) is 0 Å². The van der Waals surface area contributed by atoms with E-state index in [1.807, 2.05) is 12.1 Å². The van der Waals surface area contributed by atoms with Crippen LogP contribution in [0.5, 0.6) is 0 Å². The first-order valence-electron chi connectivity index (χ1n) is 5.56. The van der Waals surface area contributed by atoms with E-state index in [1.54, 1.807) is 12.1 Å². The van der Waals surface area contributed by atoms with Crippen LogP contribution in [0, 0.1) is 11.3 Å². The molecule has 0 bridgehead atoms. The molecule has 16 heavy (non-hydrogen) atoms. The Labute approximate surface area is 102 Å². The number of benzene rings is 1. The van der Waals surface area contributed by atoms with Crippen LogP contribution in [0.1, 0.15) is 30.6 Å². The average molecular weight is 235 g/mol. The van der Waals surface area contributed by atoms with Crippen LogP contribution in [0.15, 0.2) is 29.2 Å². The molecule has 1 saturated carbocycles. The van der Waals surface area contributed by atoms with Crippen LogP contribution in [0.4, 0.5) is 0 Å². The monoisotopic (exact) mass is 235 g/mol. The van der Waals surface area contributed by atoms with E-state index < -0.39 is 0 Å². The number of hydrogen-bond acceptors (Lipinski definition) is 2. The molecule has 3 heteroatoms. The highest BCUT2D eigenvalue weighted by Crippen LogP contribution is 2.50. The number of amides is 1. The van der Waals surface area contributed by atoms with Crippen molar-refractivity contribution in [2.75, 3.05) is 6.54 Å². The predicted octanol–water partition coefficient (Wildman–Crippen LogP) is 2.75. The first-order valence-corrected chi connectivity index (χ1v) is 6.01. The molecule has 1 fully saturated rings. The van der Waals surface area contributed by atoms with Gasteiger partial charge in [0.2, 0.25) is 0 Å². The smallest absolute Gasteiger partial charge is 0.251 e. The minimum atomic E-state index is 0.0102. The Morgan fingerprint density at radius 3 is 2.50 bits per heavy atom. The van der Waals surface area contributed by atoms with Crippen LogP contribution in [-0.4, -0.2) is 12.5 Å². The Hall–Kier alpha value is -0.960. The van der Waals surface area contributed by atoms with E-state index in [1.165, 1.54) is 6.42 Å². The molecule has 0 aromatic heterocycles. The summed E-state index contributed by atoms with van der Waals surface area (Å²) in [6.07, 6.45) is 1.21. The summed E-state index contributed by atoms with van der Waals surface area (Å²) in [6, 6.07) is 7.27. The lowest BCUT2D eigenvalue weighted by atomic mass is 10.1. The third-order valence-corrected chi connectivity index (χ3v) is 3.65. The number of carbonyl (C=O) groups is 1. The van der Waals surface area contributed by atoms with Crippen LogP contribution in [0.2, 0.25) is 0 Å². The van der Waals surface area contributed by atoms with Gasteiger partial charge in [0.1, 0.15) is 0 Å². The maximum Gasteiger partial charge on any atom is 0.251 e. The Bertz CT molecular complexity index is 397. The second-order valence-electron chi connectivity index (χ2n) is 5.15. The summed E-state index contributed by atoms with van der Waals surface area (Å²) in [5, 5.41) is 2.97. The standard InChI is InChI=1S/C13H17NOS/c1-13(2)7-10(13)8-14-12(15)9-3-5-11(16)6-4-9/h3-6,10,16H,7-8H2,1-2H3,(H,14,15). The maximum atomic E-state index is 11.8. The number of rotatable bonds is 3. The van der Waals surface area contributed by atoms with Gasteiger partial charge in [-0.3, -0.25) is 4.79 Å². The summed E-state index contributed by atoms with van der Waals surface area (Å²) in [5.41, 5.74) is 1.12. The van der Waals surface area contributed by atoms with Gasteiger partial charge in [-0.15, -0.1) is 12.6 Å². The molecule has 0 saturated heterocycles. The van der Waals surface area contributed by atoms with Crippen molar-refractivity contribution in [3.05, 3.63) is 29.8 Å². The third kappa shape index (κ3) is 2.59. The molecule has 1 aromatic carbocycles. The first kappa shape index (κ1) is 11.5. The molecule has 0 aliphatic heterocycles. The van der Waals surface area contributed by atoms with Gasteiger partial charge in [0.25, 0.3) is 5.91 Å². The molecule has 2 rings (SSSR count). The molecule has 1 aliphatic carbocycles. The van der Waals surface area contributed by atoms with E-state index in [0.717, 1.165) is 11.4 Å². The molecule has 1 unspecified atom stereocenters. The zero-order chi connectivity index (χ0) is 11.8. The molecule has 0 spiro atoms. The van der Waals surface area contributed by atoms with Gasteiger partial charge in [-0.05, 0) is 42.0 Å². The second kappa shape index (κ2) is 4.13. The lowest BCUT2D eigenvalue weighted by Crippen LogP contribution is -2.26. The van der Waals surface area contributed by atoms with E-state index in [0.29, 0.717) is 16.9 Å². The first-order chi connectivity index (χ1) is 7.49. The fourth-order valence-corrected chi connectivity index (χ4v) is 2.00. The summed E-state index contributed by atoms with van der Waals surface area (Å²) in [5.74, 6) is 0.650. The number of thiol groups is 1. The van der Waals surface area contributed by atoms with Crippen molar-refractivity contribution in [2.45, 2.75) is 25.2 Å².